The lowest BCUT2D eigenvalue weighted by atomic mass is 9.48. The van der Waals surface area contributed by atoms with Crippen LogP contribution >= 0.6 is 15.9 Å². The van der Waals surface area contributed by atoms with Crippen LogP contribution in [0.15, 0.2) is 28.7 Å². The van der Waals surface area contributed by atoms with E-state index in [4.69, 9.17) is 4.74 Å². The fraction of sp³-hybridized carbons (Fsp3) is 0.550. The van der Waals surface area contributed by atoms with E-state index in [-0.39, 0.29) is 0 Å². The summed E-state index contributed by atoms with van der Waals surface area (Å²) in [6.07, 6.45) is 4.48. The Morgan fingerprint density at radius 3 is 2.32 bits per heavy atom. The Hall–Kier alpha value is -1.93. The lowest BCUT2D eigenvalue weighted by Gasteiger charge is -2.58. The van der Waals surface area contributed by atoms with Gasteiger partial charge in [0.2, 0.25) is 0 Å². The minimum Gasteiger partial charge on any atom is -0.455 e. The normalized spacial score (nSPS) is 32.6. The molecule has 4 saturated carbocycles. The van der Waals surface area contributed by atoms with Crippen molar-refractivity contribution in [3.05, 3.63) is 34.3 Å². The maximum Gasteiger partial charge on any atom is 0.312 e. The molecule has 28 heavy (non-hydrogen) atoms. The number of ether oxygens (including phenoxy) is 1. The molecule has 150 valence electrons. The summed E-state index contributed by atoms with van der Waals surface area (Å²) in [5, 5.41) is 10.7. The fourth-order valence-electron chi connectivity index (χ4n) is 5.57. The summed E-state index contributed by atoms with van der Waals surface area (Å²) in [6, 6.07) is 6.67. The number of halogens is 1. The molecular formula is C20H23BrN2O5. The third kappa shape index (κ3) is 3.80. The van der Waals surface area contributed by atoms with Crippen LogP contribution in [0.1, 0.15) is 48.9 Å². The predicted molar refractivity (Wildman–Crippen MR) is 103 cm³/mol. The zero-order valence-electron chi connectivity index (χ0n) is 15.4. The highest BCUT2D eigenvalue weighted by molar-refractivity contribution is 9.10. The second-order valence-corrected chi connectivity index (χ2v) is 9.47. The summed E-state index contributed by atoms with van der Waals surface area (Å²) in [7, 11) is 0. The monoisotopic (exact) mass is 450 g/mol. The highest BCUT2D eigenvalue weighted by Gasteiger charge is 2.60. The molecule has 7 nitrogen and oxygen atoms in total. The Kier molecular flexibility index (Phi) is 4.95. The molecule has 3 N–H and O–H groups in total. The first-order valence-electron chi connectivity index (χ1n) is 9.51. The van der Waals surface area contributed by atoms with Crippen molar-refractivity contribution in [2.24, 2.45) is 17.3 Å². The van der Waals surface area contributed by atoms with Gasteiger partial charge in [0.05, 0.1) is 11.0 Å². The topological polar surface area (TPSA) is 105 Å². The molecule has 2 atom stereocenters. The number of hydrogen-bond acceptors (Lipinski definition) is 5. The predicted octanol–water partition coefficient (Wildman–Crippen LogP) is 2.08. The molecule has 0 heterocycles. The van der Waals surface area contributed by atoms with Crippen molar-refractivity contribution >= 4 is 33.7 Å². The third-order valence-electron chi connectivity index (χ3n) is 6.22. The highest BCUT2D eigenvalue weighted by Crippen LogP contribution is 2.61. The molecule has 0 radical (unpaired) electrons. The number of nitrogens with one attached hydrogen (secondary N) is 2. The van der Waals surface area contributed by atoms with Crippen LogP contribution in [0.5, 0.6) is 0 Å². The van der Waals surface area contributed by atoms with Crippen LogP contribution < -0.4 is 10.9 Å². The maximum atomic E-state index is 12.7. The van der Waals surface area contributed by atoms with Crippen molar-refractivity contribution in [2.45, 2.75) is 44.1 Å². The van der Waals surface area contributed by atoms with Gasteiger partial charge in [0, 0.05) is 10.0 Å². The van der Waals surface area contributed by atoms with Crippen molar-refractivity contribution in [3.63, 3.8) is 0 Å². The van der Waals surface area contributed by atoms with E-state index in [2.05, 4.69) is 26.8 Å². The molecule has 1 aromatic carbocycles. The average Bonchev–Trinajstić information content (AvgIpc) is 2.62. The minimum atomic E-state index is -0.760. The van der Waals surface area contributed by atoms with Gasteiger partial charge in [-0.25, -0.2) is 0 Å². The number of carbonyl (C=O) groups excluding carboxylic acids is 3. The van der Waals surface area contributed by atoms with Gasteiger partial charge in [0.15, 0.2) is 6.61 Å². The van der Waals surface area contributed by atoms with Crippen LogP contribution in [-0.2, 0) is 14.3 Å². The Morgan fingerprint density at radius 1 is 1.07 bits per heavy atom. The first kappa shape index (κ1) is 19.4. The number of hydrazine groups is 1. The van der Waals surface area contributed by atoms with Gasteiger partial charge < -0.3 is 9.84 Å². The van der Waals surface area contributed by atoms with Gasteiger partial charge in [-0.3, -0.25) is 25.2 Å². The molecular weight excluding hydrogens is 428 g/mol. The van der Waals surface area contributed by atoms with E-state index in [1.807, 2.05) is 0 Å². The van der Waals surface area contributed by atoms with Crippen LogP contribution in [0.2, 0.25) is 0 Å². The molecule has 0 spiro atoms. The summed E-state index contributed by atoms with van der Waals surface area (Å²) in [4.78, 5) is 36.7. The van der Waals surface area contributed by atoms with Crippen LogP contribution in [0.3, 0.4) is 0 Å². The summed E-state index contributed by atoms with van der Waals surface area (Å²) in [5.74, 6) is -0.761. The van der Waals surface area contributed by atoms with Gasteiger partial charge in [-0.1, -0.05) is 15.9 Å². The van der Waals surface area contributed by atoms with Gasteiger partial charge in [0.25, 0.3) is 11.8 Å². The van der Waals surface area contributed by atoms with Crippen molar-refractivity contribution in [2.75, 3.05) is 6.61 Å². The molecule has 0 aromatic heterocycles. The molecule has 4 bridgehead atoms. The first-order chi connectivity index (χ1) is 13.3. The average molecular weight is 451 g/mol. The summed E-state index contributed by atoms with van der Waals surface area (Å²) in [5.41, 5.74) is 3.52. The number of aliphatic hydroxyl groups is 1. The first-order valence-corrected chi connectivity index (χ1v) is 10.3. The van der Waals surface area contributed by atoms with Crippen molar-refractivity contribution < 1.29 is 24.2 Å². The number of amides is 2. The third-order valence-corrected chi connectivity index (χ3v) is 6.75. The molecule has 0 saturated heterocycles. The molecule has 4 fully saturated rings. The number of carbonyl (C=O) groups is 3. The van der Waals surface area contributed by atoms with Crippen LogP contribution in [0.25, 0.3) is 0 Å². The highest BCUT2D eigenvalue weighted by atomic mass is 79.9. The fourth-order valence-corrected chi connectivity index (χ4v) is 5.84. The number of benzene rings is 1. The van der Waals surface area contributed by atoms with Crippen LogP contribution in [0.4, 0.5) is 0 Å². The number of hydrogen-bond donors (Lipinski definition) is 3. The van der Waals surface area contributed by atoms with E-state index in [9.17, 15) is 19.5 Å². The zero-order valence-corrected chi connectivity index (χ0v) is 17.0. The lowest BCUT2D eigenvalue weighted by molar-refractivity contribution is -0.196. The van der Waals surface area contributed by atoms with Crippen molar-refractivity contribution in [1.82, 2.24) is 10.9 Å². The van der Waals surface area contributed by atoms with E-state index in [1.165, 1.54) is 0 Å². The Balaban J connectivity index is 1.27. The minimum absolute atomic E-state index is 0.359. The van der Waals surface area contributed by atoms with E-state index < -0.39 is 35.4 Å². The van der Waals surface area contributed by atoms with Crippen LogP contribution in [0, 0.1) is 17.3 Å². The van der Waals surface area contributed by atoms with Gasteiger partial charge in [-0.2, -0.15) is 0 Å². The van der Waals surface area contributed by atoms with Crippen LogP contribution in [-0.4, -0.2) is 35.1 Å². The van der Waals surface area contributed by atoms with Gasteiger partial charge in [-0.15, -0.1) is 0 Å². The maximum absolute atomic E-state index is 12.7. The van der Waals surface area contributed by atoms with E-state index in [0.29, 0.717) is 23.8 Å². The number of esters is 1. The molecule has 1 aromatic rings. The molecule has 4 aliphatic rings. The lowest BCUT2D eigenvalue weighted by Crippen LogP contribution is -2.58. The molecule has 2 unspecified atom stereocenters. The van der Waals surface area contributed by atoms with E-state index in [0.717, 1.165) is 36.6 Å². The molecule has 5 rings (SSSR count). The molecule has 0 aliphatic heterocycles. The summed E-state index contributed by atoms with van der Waals surface area (Å²) in [6.45, 7) is -0.463. The number of rotatable bonds is 4. The molecule has 4 aliphatic carbocycles. The van der Waals surface area contributed by atoms with Gasteiger partial charge in [0.1, 0.15) is 0 Å². The SMILES string of the molecule is O=C(COC(=O)C12CC3CC(CC(O)(C3)C1)C2)NNC(=O)c1ccc(Br)cc1. The second-order valence-electron chi connectivity index (χ2n) is 8.55. The van der Waals surface area contributed by atoms with E-state index in [1.54, 1.807) is 24.3 Å². The van der Waals surface area contributed by atoms with Gasteiger partial charge in [-0.05, 0) is 74.6 Å². The zero-order chi connectivity index (χ0) is 19.9. The summed E-state index contributed by atoms with van der Waals surface area (Å²) < 4.78 is 6.11. The van der Waals surface area contributed by atoms with Crippen molar-refractivity contribution in [3.8, 4) is 0 Å². The molecule has 8 heteroatoms. The Labute approximate surface area is 171 Å². The standard InChI is InChI=1S/C20H23BrN2O5/c21-15-3-1-14(2-4-15)17(25)23-22-16(24)10-28-18(26)19-6-12-5-13(7-19)9-20(27,8-12)11-19/h1-4,12-13,27H,5-11H2,(H,22,24)(H,23,25). The molecule has 2 amide bonds. The Bertz CT molecular complexity index is 795. The Morgan fingerprint density at radius 2 is 1.71 bits per heavy atom. The second kappa shape index (κ2) is 7.15. The summed E-state index contributed by atoms with van der Waals surface area (Å²) >= 11 is 3.29. The quantitative estimate of drug-likeness (QED) is 0.481. The van der Waals surface area contributed by atoms with Gasteiger partial charge >= 0.3 is 5.97 Å². The van der Waals surface area contributed by atoms with E-state index >= 15 is 0 Å². The smallest absolute Gasteiger partial charge is 0.312 e. The largest absolute Gasteiger partial charge is 0.455 e. The van der Waals surface area contributed by atoms with Crippen molar-refractivity contribution in [1.29, 1.82) is 0 Å².